The lowest BCUT2D eigenvalue weighted by molar-refractivity contribution is -0.139. The first-order valence-corrected chi connectivity index (χ1v) is 3.69. The van der Waals surface area contributed by atoms with Gasteiger partial charge in [-0.25, -0.2) is 0 Å². The molecule has 0 amide bonds. The van der Waals surface area contributed by atoms with Gasteiger partial charge in [0.25, 0.3) is 0 Å². The first-order valence-electron chi connectivity index (χ1n) is 3.69. The lowest BCUT2D eigenvalue weighted by atomic mass is 10.5. The molecule has 1 aliphatic carbocycles. The highest BCUT2D eigenvalue weighted by atomic mass is 16.5. The van der Waals surface area contributed by atoms with Crippen molar-refractivity contribution >= 4 is 5.97 Å². The lowest BCUT2D eigenvalue weighted by Crippen LogP contribution is -2.33. The molecule has 11 heavy (non-hydrogen) atoms. The lowest BCUT2D eigenvalue weighted by Gasteiger charge is -2.17. The summed E-state index contributed by atoms with van der Waals surface area (Å²) in [5.74, 6) is -0.783. The van der Waals surface area contributed by atoms with E-state index in [0.29, 0.717) is 12.8 Å². The third kappa shape index (κ3) is 2.86. The predicted molar refractivity (Wildman–Crippen MR) is 39.2 cm³/mol. The molecule has 0 aromatic carbocycles. The van der Waals surface area contributed by atoms with Crippen LogP contribution in [-0.2, 0) is 9.53 Å². The molecule has 1 N–H and O–H groups in total. The van der Waals surface area contributed by atoms with Gasteiger partial charge in [-0.15, -0.1) is 0 Å². The summed E-state index contributed by atoms with van der Waals surface area (Å²) in [6.07, 6.45) is 2.22. The Morgan fingerprint density at radius 1 is 1.73 bits per heavy atom. The topological polar surface area (TPSA) is 49.8 Å². The monoisotopic (exact) mass is 159 g/mol. The van der Waals surface area contributed by atoms with Crippen LogP contribution >= 0.6 is 0 Å². The van der Waals surface area contributed by atoms with Gasteiger partial charge < -0.3 is 9.84 Å². The van der Waals surface area contributed by atoms with Gasteiger partial charge in [-0.1, -0.05) is 0 Å². The second-order valence-corrected chi connectivity index (χ2v) is 2.79. The van der Waals surface area contributed by atoms with Gasteiger partial charge in [0.1, 0.15) is 0 Å². The van der Waals surface area contributed by atoms with E-state index in [1.54, 1.807) is 7.11 Å². The van der Waals surface area contributed by atoms with Crippen LogP contribution < -0.4 is 0 Å². The van der Waals surface area contributed by atoms with Crippen molar-refractivity contribution in [2.45, 2.75) is 18.9 Å². The van der Waals surface area contributed by atoms with Crippen molar-refractivity contribution in [2.75, 3.05) is 20.4 Å². The molecule has 0 aliphatic heterocycles. The van der Waals surface area contributed by atoms with Crippen LogP contribution in [0.3, 0.4) is 0 Å². The highest BCUT2D eigenvalue weighted by Gasteiger charge is 2.29. The van der Waals surface area contributed by atoms with Crippen molar-refractivity contribution in [3.8, 4) is 0 Å². The summed E-state index contributed by atoms with van der Waals surface area (Å²) in [6, 6.07) is 0.450. The fourth-order valence-electron chi connectivity index (χ4n) is 1.06. The number of rotatable bonds is 5. The van der Waals surface area contributed by atoms with Gasteiger partial charge in [-0.3, -0.25) is 9.69 Å². The first-order chi connectivity index (χ1) is 5.24. The Bertz CT molecular complexity index is 145. The summed E-state index contributed by atoms with van der Waals surface area (Å²) in [7, 11) is 1.58. The van der Waals surface area contributed by atoms with Crippen LogP contribution in [-0.4, -0.2) is 42.4 Å². The molecule has 4 nitrogen and oxygen atoms in total. The van der Waals surface area contributed by atoms with E-state index >= 15 is 0 Å². The molecule has 0 saturated heterocycles. The predicted octanol–water partition coefficient (Wildman–Crippen LogP) is 0.139. The van der Waals surface area contributed by atoms with Gasteiger partial charge in [0.05, 0.1) is 13.3 Å². The standard InChI is InChI=1S/C7H13NO3/c1-11-5-8(4-7(9)10)6-2-3-6/h6H,2-5H2,1H3,(H,9,10). The minimum absolute atomic E-state index is 0.0957. The van der Waals surface area contributed by atoms with Gasteiger partial charge in [0.2, 0.25) is 0 Å². The number of nitrogens with zero attached hydrogens (tertiary/aromatic N) is 1. The third-order valence-electron chi connectivity index (χ3n) is 1.70. The van der Waals surface area contributed by atoms with Crippen molar-refractivity contribution < 1.29 is 14.6 Å². The maximum atomic E-state index is 10.3. The summed E-state index contributed by atoms with van der Waals surface area (Å²) >= 11 is 0. The number of hydrogen-bond donors (Lipinski definition) is 1. The fraction of sp³-hybridized carbons (Fsp3) is 0.857. The molecule has 0 spiro atoms. The summed E-state index contributed by atoms with van der Waals surface area (Å²) in [4.78, 5) is 12.2. The maximum absolute atomic E-state index is 10.3. The van der Waals surface area contributed by atoms with Gasteiger partial charge in [-0.05, 0) is 12.8 Å². The zero-order valence-electron chi connectivity index (χ0n) is 6.62. The second-order valence-electron chi connectivity index (χ2n) is 2.79. The van der Waals surface area contributed by atoms with E-state index in [-0.39, 0.29) is 6.54 Å². The molecule has 0 aromatic heterocycles. The van der Waals surface area contributed by atoms with Crippen LogP contribution in [0.15, 0.2) is 0 Å². The minimum atomic E-state index is -0.783. The van der Waals surface area contributed by atoms with Crippen molar-refractivity contribution in [1.29, 1.82) is 0 Å². The number of carboxylic acid groups (broad SMARTS) is 1. The molecule has 0 aromatic rings. The second kappa shape index (κ2) is 3.69. The summed E-state index contributed by atoms with van der Waals surface area (Å²) in [5.41, 5.74) is 0. The summed E-state index contributed by atoms with van der Waals surface area (Å²) < 4.78 is 4.87. The SMILES string of the molecule is COCN(CC(=O)O)C1CC1. The number of carboxylic acids is 1. The first kappa shape index (κ1) is 8.49. The van der Waals surface area contributed by atoms with Gasteiger partial charge in [0.15, 0.2) is 0 Å². The van der Waals surface area contributed by atoms with Crippen LogP contribution in [0.25, 0.3) is 0 Å². The largest absolute Gasteiger partial charge is 0.480 e. The van der Waals surface area contributed by atoms with E-state index in [1.165, 1.54) is 0 Å². The van der Waals surface area contributed by atoms with Gasteiger partial charge in [0, 0.05) is 13.2 Å². The van der Waals surface area contributed by atoms with Gasteiger partial charge >= 0.3 is 5.97 Å². The smallest absolute Gasteiger partial charge is 0.317 e. The van der Waals surface area contributed by atoms with E-state index < -0.39 is 5.97 Å². The number of carbonyl (C=O) groups is 1. The van der Waals surface area contributed by atoms with Crippen LogP contribution in [0, 0.1) is 0 Å². The van der Waals surface area contributed by atoms with Crippen LogP contribution in [0.1, 0.15) is 12.8 Å². The average Bonchev–Trinajstić information content (AvgIpc) is 2.66. The normalized spacial score (nSPS) is 17.3. The highest BCUT2D eigenvalue weighted by molar-refractivity contribution is 5.69. The molecule has 0 bridgehead atoms. The molecule has 64 valence electrons. The Morgan fingerprint density at radius 2 is 2.36 bits per heavy atom. The third-order valence-corrected chi connectivity index (χ3v) is 1.70. The molecule has 0 radical (unpaired) electrons. The molecular formula is C7H13NO3. The van der Waals surface area contributed by atoms with E-state index in [0.717, 1.165) is 12.8 Å². The van der Waals surface area contributed by atoms with E-state index in [1.807, 2.05) is 4.90 Å². The number of hydrogen-bond acceptors (Lipinski definition) is 3. The van der Waals surface area contributed by atoms with Crippen molar-refractivity contribution in [3.05, 3.63) is 0 Å². The molecule has 4 heteroatoms. The van der Waals surface area contributed by atoms with E-state index in [4.69, 9.17) is 9.84 Å². The Kier molecular flexibility index (Phi) is 2.84. The molecule has 0 atom stereocenters. The molecule has 0 heterocycles. The molecule has 0 unspecified atom stereocenters. The summed E-state index contributed by atoms with van der Waals surface area (Å²) in [5, 5.41) is 8.49. The van der Waals surface area contributed by atoms with Crippen molar-refractivity contribution in [3.63, 3.8) is 0 Å². The Labute approximate surface area is 65.8 Å². The zero-order chi connectivity index (χ0) is 8.27. The number of methoxy groups -OCH3 is 1. The molecule has 1 rings (SSSR count). The zero-order valence-corrected chi connectivity index (χ0v) is 6.62. The van der Waals surface area contributed by atoms with Gasteiger partial charge in [-0.2, -0.15) is 0 Å². The van der Waals surface area contributed by atoms with Crippen LogP contribution in [0.2, 0.25) is 0 Å². The molecule has 1 aliphatic rings. The van der Waals surface area contributed by atoms with Crippen molar-refractivity contribution in [1.82, 2.24) is 4.90 Å². The number of ether oxygens (including phenoxy) is 1. The molecule has 1 saturated carbocycles. The number of aliphatic carboxylic acids is 1. The Balaban J connectivity index is 2.26. The van der Waals surface area contributed by atoms with E-state index in [9.17, 15) is 4.79 Å². The highest BCUT2D eigenvalue weighted by Crippen LogP contribution is 2.25. The molecular weight excluding hydrogens is 146 g/mol. The van der Waals surface area contributed by atoms with Crippen LogP contribution in [0.5, 0.6) is 0 Å². The van der Waals surface area contributed by atoms with Crippen molar-refractivity contribution in [2.24, 2.45) is 0 Å². The summed E-state index contributed by atoms with van der Waals surface area (Å²) in [6.45, 7) is 0.523. The Hall–Kier alpha value is -0.610. The Morgan fingerprint density at radius 3 is 2.73 bits per heavy atom. The average molecular weight is 159 g/mol. The quantitative estimate of drug-likeness (QED) is 0.580. The minimum Gasteiger partial charge on any atom is -0.480 e. The fourth-order valence-corrected chi connectivity index (χ4v) is 1.06. The van der Waals surface area contributed by atoms with Crippen LogP contribution in [0.4, 0.5) is 0 Å². The molecule has 1 fully saturated rings. The van der Waals surface area contributed by atoms with E-state index in [2.05, 4.69) is 0 Å². The maximum Gasteiger partial charge on any atom is 0.317 e.